The maximum Gasteiger partial charge on any atom is 0.356 e. The van der Waals surface area contributed by atoms with Gasteiger partial charge in [-0.2, -0.15) is 0 Å². The summed E-state index contributed by atoms with van der Waals surface area (Å²) >= 11 is 0. The molecule has 1 aliphatic heterocycles. The largest absolute Gasteiger partial charge is 0.490 e. The van der Waals surface area contributed by atoms with Crippen LogP contribution in [0.15, 0.2) is 12.6 Å². The lowest BCUT2D eigenvalue weighted by Crippen LogP contribution is -2.20. The molecule has 0 saturated heterocycles. The van der Waals surface area contributed by atoms with Gasteiger partial charge in [0.15, 0.2) is 0 Å². The molecule has 0 saturated carbocycles. The zero-order valence-electron chi connectivity index (χ0n) is 10.2. The molecule has 90 valence electrons. The Morgan fingerprint density at radius 2 is 2.35 bits per heavy atom. The van der Waals surface area contributed by atoms with Gasteiger partial charge in [0.05, 0.1) is 19.4 Å². The SMILES string of the molecule is C=Cc1cc(C(=O)OC)nc2c1OCC2(C)C. The van der Waals surface area contributed by atoms with Gasteiger partial charge in [-0.05, 0) is 6.07 Å². The van der Waals surface area contributed by atoms with Gasteiger partial charge in [0.25, 0.3) is 0 Å². The fourth-order valence-corrected chi connectivity index (χ4v) is 1.85. The highest BCUT2D eigenvalue weighted by molar-refractivity contribution is 5.88. The van der Waals surface area contributed by atoms with Crippen LogP contribution in [-0.4, -0.2) is 24.7 Å². The van der Waals surface area contributed by atoms with Crippen molar-refractivity contribution >= 4 is 12.0 Å². The van der Waals surface area contributed by atoms with E-state index in [1.807, 2.05) is 13.8 Å². The minimum absolute atomic E-state index is 0.197. The summed E-state index contributed by atoms with van der Waals surface area (Å²) < 4.78 is 10.3. The molecular weight excluding hydrogens is 218 g/mol. The second-order valence-electron chi connectivity index (χ2n) is 4.64. The van der Waals surface area contributed by atoms with Crippen LogP contribution in [0.2, 0.25) is 0 Å². The highest BCUT2D eigenvalue weighted by Gasteiger charge is 2.36. The molecule has 0 fully saturated rings. The molecule has 0 aromatic carbocycles. The first kappa shape index (κ1) is 11.6. The lowest BCUT2D eigenvalue weighted by atomic mass is 9.90. The van der Waals surface area contributed by atoms with Crippen molar-refractivity contribution in [2.24, 2.45) is 0 Å². The molecule has 0 aliphatic carbocycles. The van der Waals surface area contributed by atoms with Gasteiger partial charge >= 0.3 is 5.97 Å². The zero-order valence-corrected chi connectivity index (χ0v) is 10.2. The fourth-order valence-electron chi connectivity index (χ4n) is 1.85. The van der Waals surface area contributed by atoms with Crippen molar-refractivity contribution in [2.45, 2.75) is 19.3 Å². The third-order valence-electron chi connectivity index (χ3n) is 2.83. The summed E-state index contributed by atoms with van der Waals surface area (Å²) in [4.78, 5) is 15.9. The third kappa shape index (κ3) is 1.79. The van der Waals surface area contributed by atoms with Crippen molar-refractivity contribution in [2.75, 3.05) is 13.7 Å². The van der Waals surface area contributed by atoms with Crippen molar-refractivity contribution in [3.8, 4) is 5.75 Å². The summed E-state index contributed by atoms with van der Waals surface area (Å²) in [7, 11) is 1.34. The molecule has 0 bridgehead atoms. The molecule has 2 rings (SSSR count). The van der Waals surface area contributed by atoms with Gasteiger partial charge < -0.3 is 9.47 Å². The number of rotatable bonds is 2. The first-order valence-electron chi connectivity index (χ1n) is 5.38. The number of carbonyl (C=O) groups excluding carboxylic acids is 1. The van der Waals surface area contributed by atoms with E-state index in [1.54, 1.807) is 12.1 Å². The van der Waals surface area contributed by atoms with Gasteiger partial charge in [-0.15, -0.1) is 0 Å². The van der Waals surface area contributed by atoms with Crippen LogP contribution in [0.25, 0.3) is 6.08 Å². The average molecular weight is 233 g/mol. The number of hydrogen-bond acceptors (Lipinski definition) is 4. The molecule has 4 heteroatoms. The van der Waals surface area contributed by atoms with Gasteiger partial charge in [0.1, 0.15) is 11.4 Å². The Kier molecular flexibility index (Phi) is 2.65. The van der Waals surface area contributed by atoms with Crippen molar-refractivity contribution in [1.82, 2.24) is 4.98 Å². The Hall–Kier alpha value is -1.84. The summed E-state index contributed by atoms with van der Waals surface area (Å²) in [6, 6.07) is 1.64. The van der Waals surface area contributed by atoms with Gasteiger partial charge in [0, 0.05) is 11.0 Å². The van der Waals surface area contributed by atoms with E-state index in [4.69, 9.17) is 4.74 Å². The Bertz CT molecular complexity index is 492. The molecule has 0 N–H and O–H groups in total. The second kappa shape index (κ2) is 3.87. The first-order chi connectivity index (χ1) is 7.99. The molecule has 17 heavy (non-hydrogen) atoms. The predicted molar refractivity (Wildman–Crippen MR) is 64.2 cm³/mol. The Morgan fingerprint density at radius 1 is 1.65 bits per heavy atom. The van der Waals surface area contributed by atoms with E-state index in [1.165, 1.54) is 7.11 Å². The number of esters is 1. The molecule has 1 aromatic heterocycles. The van der Waals surface area contributed by atoms with E-state index >= 15 is 0 Å². The molecule has 0 amide bonds. The average Bonchev–Trinajstić information content (AvgIpc) is 2.63. The van der Waals surface area contributed by atoms with Crippen LogP contribution < -0.4 is 4.74 Å². The van der Waals surface area contributed by atoms with E-state index in [2.05, 4.69) is 16.3 Å². The van der Waals surface area contributed by atoms with E-state index < -0.39 is 5.97 Å². The van der Waals surface area contributed by atoms with E-state index in [9.17, 15) is 4.79 Å². The molecule has 0 spiro atoms. The number of nitrogens with zero attached hydrogens (tertiary/aromatic N) is 1. The van der Waals surface area contributed by atoms with Crippen molar-refractivity contribution in [1.29, 1.82) is 0 Å². The lowest BCUT2D eigenvalue weighted by molar-refractivity contribution is 0.0593. The van der Waals surface area contributed by atoms with Crippen LogP contribution >= 0.6 is 0 Å². The number of aromatic nitrogens is 1. The smallest absolute Gasteiger partial charge is 0.356 e. The Balaban J connectivity index is 2.63. The van der Waals surface area contributed by atoms with Gasteiger partial charge in [-0.25, -0.2) is 9.78 Å². The molecule has 2 heterocycles. The summed E-state index contributed by atoms with van der Waals surface area (Å²) in [6.45, 7) is 8.33. The van der Waals surface area contributed by atoms with E-state index in [0.29, 0.717) is 12.3 Å². The fraction of sp³-hybridized carbons (Fsp3) is 0.385. The van der Waals surface area contributed by atoms with Crippen LogP contribution in [0.3, 0.4) is 0 Å². The minimum atomic E-state index is -0.446. The normalized spacial score (nSPS) is 15.9. The van der Waals surface area contributed by atoms with Crippen LogP contribution in [0.4, 0.5) is 0 Å². The van der Waals surface area contributed by atoms with Gasteiger partial charge in [-0.3, -0.25) is 0 Å². The molecule has 0 radical (unpaired) electrons. The maximum atomic E-state index is 11.5. The standard InChI is InChI=1S/C13H15NO3/c1-5-8-6-9(12(15)16-4)14-11-10(8)17-7-13(11,2)3/h5-6H,1,7H2,2-4H3. The number of fused-ring (bicyclic) bond motifs is 1. The summed E-state index contributed by atoms with van der Waals surface area (Å²) in [5.41, 5.74) is 1.66. The molecule has 0 atom stereocenters. The quantitative estimate of drug-likeness (QED) is 0.734. The second-order valence-corrected chi connectivity index (χ2v) is 4.64. The van der Waals surface area contributed by atoms with E-state index in [0.717, 1.165) is 17.0 Å². The monoisotopic (exact) mass is 233 g/mol. The molecule has 4 nitrogen and oxygen atoms in total. The number of carbonyl (C=O) groups is 1. The van der Waals surface area contributed by atoms with Crippen LogP contribution in [0, 0.1) is 0 Å². The van der Waals surface area contributed by atoms with Gasteiger partial charge in [-0.1, -0.05) is 26.5 Å². The topological polar surface area (TPSA) is 48.4 Å². The lowest BCUT2D eigenvalue weighted by Gasteiger charge is -2.14. The third-order valence-corrected chi connectivity index (χ3v) is 2.83. The van der Waals surface area contributed by atoms with Gasteiger partial charge in [0.2, 0.25) is 0 Å². The number of hydrogen-bond donors (Lipinski definition) is 0. The van der Waals surface area contributed by atoms with Crippen molar-refractivity contribution < 1.29 is 14.3 Å². The van der Waals surface area contributed by atoms with Crippen LogP contribution in [-0.2, 0) is 10.2 Å². The number of methoxy groups -OCH3 is 1. The van der Waals surface area contributed by atoms with Crippen LogP contribution in [0.1, 0.15) is 35.6 Å². The number of ether oxygens (including phenoxy) is 2. The summed E-state index contributed by atoms with van der Waals surface area (Å²) in [5.74, 6) is 0.274. The van der Waals surface area contributed by atoms with E-state index in [-0.39, 0.29) is 5.41 Å². The maximum absolute atomic E-state index is 11.5. The Morgan fingerprint density at radius 3 is 2.94 bits per heavy atom. The highest BCUT2D eigenvalue weighted by atomic mass is 16.5. The molecule has 1 aromatic rings. The molecule has 0 unspecified atom stereocenters. The molecular formula is C13H15NO3. The summed E-state index contributed by atoms with van der Waals surface area (Å²) in [6.07, 6.45) is 1.66. The minimum Gasteiger partial charge on any atom is -0.490 e. The van der Waals surface area contributed by atoms with Crippen molar-refractivity contribution in [3.63, 3.8) is 0 Å². The summed E-state index contributed by atoms with van der Waals surface area (Å²) in [5, 5.41) is 0. The zero-order chi connectivity index (χ0) is 12.6. The number of pyridine rings is 1. The first-order valence-corrected chi connectivity index (χ1v) is 5.38. The van der Waals surface area contributed by atoms with Crippen LogP contribution in [0.5, 0.6) is 5.75 Å². The highest BCUT2D eigenvalue weighted by Crippen LogP contribution is 2.40. The predicted octanol–water partition coefficient (Wildman–Crippen LogP) is 2.18. The molecule has 1 aliphatic rings. The Labute approximate surface area is 100 Å². The van der Waals surface area contributed by atoms with Crippen molar-refractivity contribution in [3.05, 3.63) is 29.6 Å².